The van der Waals surface area contributed by atoms with E-state index < -0.39 is 0 Å². The van der Waals surface area contributed by atoms with Crippen molar-refractivity contribution in [2.45, 2.75) is 70.5 Å². The molecule has 1 aliphatic heterocycles. The summed E-state index contributed by atoms with van der Waals surface area (Å²) in [4.78, 5) is 14.9. The fourth-order valence-corrected chi connectivity index (χ4v) is 3.76. The lowest BCUT2D eigenvalue weighted by Crippen LogP contribution is -2.43. The fourth-order valence-electron chi connectivity index (χ4n) is 3.76. The molecule has 1 aromatic rings. The van der Waals surface area contributed by atoms with E-state index in [2.05, 4.69) is 29.5 Å². The highest BCUT2D eigenvalue weighted by molar-refractivity contribution is 5.92. The number of carbonyl (C=O) groups is 1. The zero-order chi connectivity index (χ0) is 15.5. The number of aromatic nitrogens is 3. The first-order chi connectivity index (χ1) is 10.7. The van der Waals surface area contributed by atoms with Crippen LogP contribution in [0, 0.1) is 0 Å². The number of nitrogens with zero attached hydrogens (tertiary/aromatic N) is 4. The summed E-state index contributed by atoms with van der Waals surface area (Å²) in [5.74, 6) is 0.0436. The number of rotatable bonds is 4. The molecule has 2 heterocycles. The molecule has 0 spiro atoms. The van der Waals surface area contributed by atoms with Crippen molar-refractivity contribution in [3.63, 3.8) is 0 Å². The van der Waals surface area contributed by atoms with Gasteiger partial charge in [0.1, 0.15) is 0 Å². The first-order valence-corrected chi connectivity index (χ1v) is 8.62. The number of nitrogens with one attached hydrogen (secondary N) is 1. The van der Waals surface area contributed by atoms with Crippen molar-refractivity contribution in [3.05, 3.63) is 11.9 Å². The molecule has 2 fully saturated rings. The molecule has 0 radical (unpaired) electrons. The van der Waals surface area contributed by atoms with E-state index in [1.54, 1.807) is 0 Å². The quantitative estimate of drug-likeness (QED) is 0.913. The molecule has 0 aromatic carbocycles. The average Bonchev–Trinajstić information content (AvgIpc) is 3.19. The second-order valence-corrected chi connectivity index (χ2v) is 6.81. The fraction of sp³-hybridized carbons (Fsp3) is 0.812. The smallest absolute Gasteiger partial charge is 0.276 e. The van der Waals surface area contributed by atoms with Gasteiger partial charge in [0.15, 0.2) is 5.69 Å². The first-order valence-electron chi connectivity index (χ1n) is 8.62. The van der Waals surface area contributed by atoms with Gasteiger partial charge < -0.3 is 10.2 Å². The van der Waals surface area contributed by atoms with Gasteiger partial charge in [-0.2, -0.15) is 0 Å². The summed E-state index contributed by atoms with van der Waals surface area (Å²) in [6.07, 6.45) is 8.63. The van der Waals surface area contributed by atoms with E-state index in [0.717, 1.165) is 38.8 Å². The summed E-state index contributed by atoms with van der Waals surface area (Å²) in [6.45, 7) is 6.20. The maximum atomic E-state index is 12.9. The molecule has 1 N–H and O–H groups in total. The number of carbonyl (C=O) groups excluding carboxylic acids is 1. The minimum atomic E-state index is 0. The molecule has 0 unspecified atom stereocenters. The minimum Gasteiger partial charge on any atom is -0.332 e. The summed E-state index contributed by atoms with van der Waals surface area (Å²) >= 11 is 0. The maximum Gasteiger partial charge on any atom is 0.276 e. The third-order valence-corrected chi connectivity index (χ3v) is 4.92. The monoisotopic (exact) mass is 341 g/mol. The van der Waals surface area contributed by atoms with Gasteiger partial charge in [-0.3, -0.25) is 4.79 Å². The molecule has 6 nitrogen and oxygen atoms in total. The average molecular weight is 342 g/mol. The molecule has 7 heteroatoms. The number of amides is 1. The molecular weight excluding hydrogens is 314 g/mol. The summed E-state index contributed by atoms with van der Waals surface area (Å²) in [6, 6.07) is 0.949. The van der Waals surface area contributed by atoms with E-state index in [4.69, 9.17) is 0 Å². The predicted octanol–water partition coefficient (Wildman–Crippen LogP) is 2.42. The number of hydrogen-bond acceptors (Lipinski definition) is 4. The second kappa shape index (κ2) is 8.11. The Bertz CT molecular complexity index is 506. The van der Waals surface area contributed by atoms with Gasteiger partial charge in [0.05, 0.1) is 12.2 Å². The van der Waals surface area contributed by atoms with Crippen LogP contribution in [0.3, 0.4) is 0 Å². The Morgan fingerprint density at radius 3 is 2.52 bits per heavy atom. The van der Waals surface area contributed by atoms with Crippen LogP contribution in [0.5, 0.6) is 0 Å². The van der Waals surface area contributed by atoms with E-state index in [0.29, 0.717) is 17.8 Å². The molecule has 3 rings (SSSR count). The van der Waals surface area contributed by atoms with Gasteiger partial charge in [0.2, 0.25) is 0 Å². The highest BCUT2D eigenvalue weighted by Gasteiger charge is 2.31. The lowest BCUT2D eigenvalue weighted by atomic mass is 10.1. The zero-order valence-electron chi connectivity index (χ0n) is 14.1. The molecule has 1 saturated heterocycles. The van der Waals surface area contributed by atoms with Crippen molar-refractivity contribution in [2.75, 3.05) is 13.1 Å². The van der Waals surface area contributed by atoms with Gasteiger partial charge in [0.25, 0.3) is 5.91 Å². The summed E-state index contributed by atoms with van der Waals surface area (Å²) in [5, 5.41) is 11.7. The number of halogens is 1. The number of hydrogen-bond donors (Lipinski definition) is 1. The van der Waals surface area contributed by atoms with Crippen molar-refractivity contribution >= 4 is 18.3 Å². The molecule has 1 saturated carbocycles. The highest BCUT2D eigenvalue weighted by atomic mass is 35.5. The van der Waals surface area contributed by atoms with Crippen LogP contribution in [0.4, 0.5) is 0 Å². The Kier molecular flexibility index (Phi) is 6.41. The van der Waals surface area contributed by atoms with Gasteiger partial charge in [-0.05, 0) is 52.6 Å². The van der Waals surface area contributed by atoms with Crippen LogP contribution in [0.1, 0.15) is 68.9 Å². The molecular formula is C16H28ClN5O. The second-order valence-electron chi connectivity index (χ2n) is 6.81. The van der Waals surface area contributed by atoms with E-state index in [1.165, 1.54) is 12.8 Å². The Balaban J connectivity index is 0.00000192. The first kappa shape index (κ1) is 18.2. The lowest BCUT2D eigenvalue weighted by molar-refractivity contribution is 0.0607. The molecule has 23 heavy (non-hydrogen) atoms. The van der Waals surface area contributed by atoms with Crippen LogP contribution in [-0.2, 0) is 0 Å². The maximum absolute atomic E-state index is 12.9. The van der Waals surface area contributed by atoms with Gasteiger partial charge in [-0.15, -0.1) is 17.5 Å². The van der Waals surface area contributed by atoms with Crippen molar-refractivity contribution in [2.24, 2.45) is 0 Å². The normalized spacial score (nSPS) is 19.8. The van der Waals surface area contributed by atoms with E-state index in [9.17, 15) is 4.79 Å². The predicted molar refractivity (Wildman–Crippen MR) is 92.0 cm³/mol. The topological polar surface area (TPSA) is 63.1 Å². The third kappa shape index (κ3) is 4.04. The largest absolute Gasteiger partial charge is 0.332 e. The molecule has 0 bridgehead atoms. The summed E-state index contributed by atoms with van der Waals surface area (Å²) < 4.78 is 1.89. The van der Waals surface area contributed by atoms with Crippen LogP contribution >= 0.6 is 12.4 Å². The standard InChI is InChI=1S/C16H27N5O.ClH/c1-12(2)21(14-5-3-4-6-14)16(22)15-11-20(19-18-15)13-7-9-17-10-8-13;/h11-14,17H,3-10H2,1-2H3;1H. The molecule has 2 aliphatic rings. The molecule has 1 aliphatic carbocycles. The Morgan fingerprint density at radius 1 is 1.26 bits per heavy atom. The van der Waals surface area contributed by atoms with Crippen LogP contribution in [0.25, 0.3) is 0 Å². The Labute approximate surface area is 144 Å². The molecule has 130 valence electrons. The summed E-state index contributed by atoms with van der Waals surface area (Å²) in [7, 11) is 0. The van der Waals surface area contributed by atoms with Gasteiger partial charge in [0, 0.05) is 12.1 Å². The summed E-state index contributed by atoms with van der Waals surface area (Å²) in [5.41, 5.74) is 0.499. The third-order valence-electron chi connectivity index (χ3n) is 4.92. The van der Waals surface area contributed by atoms with Crippen molar-refractivity contribution in [3.8, 4) is 0 Å². The minimum absolute atomic E-state index is 0. The Hall–Kier alpha value is -1.14. The van der Waals surface area contributed by atoms with Gasteiger partial charge in [-0.1, -0.05) is 18.1 Å². The van der Waals surface area contributed by atoms with E-state index in [-0.39, 0.29) is 24.4 Å². The zero-order valence-corrected chi connectivity index (χ0v) is 14.9. The van der Waals surface area contributed by atoms with Crippen LogP contribution in [0.2, 0.25) is 0 Å². The van der Waals surface area contributed by atoms with Crippen molar-refractivity contribution < 1.29 is 4.79 Å². The van der Waals surface area contributed by atoms with Crippen LogP contribution in [-0.4, -0.2) is 51.0 Å². The molecule has 0 atom stereocenters. The highest BCUT2D eigenvalue weighted by Crippen LogP contribution is 2.26. The van der Waals surface area contributed by atoms with Crippen molar-refractivity contribution in [1.29, 1.82) is 0 Å². The molecule has 1 aromatic heterocycles. The van der Waals surface area contributed by atoms with E-state index >= 15 is 0 Å². The molecule has 1 amide bonds. The lowest BCUT2D eigenvalue weighted by Gasteiger charge is -2.32. The van der Waals surface area contributed by atoms with Crippen LogP contribution in [0.15, 0.2) is 6.20 Å². The number of piperidine rings is 1. The SMILES string of the molecule is CC(C)N(C(=O)c1cn(C2CCNCC2)nn1)C1CCCC1.Cl. The van der Waals surface area contributed by atoms with Crippen molar-refractivity contribution in [1.82, 2.24) is 25.2 Å². The Morgan fingerprint density at radius 2 is 1.91 bits per heavy atom. The van der Waals surface area contributed by atoms with Gasteiger partial charge >= 0.3 is 0 Å². The van der Waals surface area contributed by atoms with E-state index in [1.807, 2.05) is 15.8 Å². The van der Waals surface area contributed by atoms with Crippen LogP contribution < -0.4 is 5.32 Å². The van der Waals surface area contributed by atoms with Gasteiger partial charge in [-0.25, -0.2) is 4.68 Å².